The van der Waals surface area contributed by atoms with Gasteiger partial charge in [-0.1, -0.05) is 87.4 Å². The van der Waals surface area contributed by atoms with Gasteiger partial charge in [0.15, 0.2) is 11.8 Å². The van der Waals surface area contributed by atoms with Crippen molar-refractivity contribution in [3.63, 3.8) is 0 Å². The molecule has 0 amide bonds. The molecule has 0 aliphatic carbocycles. The standard InChI is InChI=1S/C27H31N3O5Si/c1-5-27(33)21(35-24(23(27)31)30-17-16-22(28)29-25(30)32)18-34-36(26(2,3)4,19-12-8-6-9-13-19)20-14-10-7-11-15-20/h1,6-17,21,23-24,31,33H,18H2,2-4H3,(H2,28,29,32)/t21-,23+,24?,27-/m1/s1/i1D. The monoisotopic (exact) mass is 506 g/mol. The molecule has 4 rings (SSSR count). The molecule has 36 heavy (non-hydrogen) atoms. The molecule has 3 aromatic rings. The van der Waals surface area contributed by atoms with Crippen molar-refractivity contribution in [1.29, 1.82) is 0 Å². The van der Waals surface area contributed by atoms with Crippen LogP contribution in [0.4, 0.5) is 5.82 Å². The van der Waals surface area contributed by atoms with Crippen LogP contribution in [-0.2, 0) is 9.16 Å². The smallest absolute Gasteiger partial charge is 0.351 e. The third-order valence-corrected chi connectivity index (χ3v) is 11.7. The number of anilines is 1. The van der Waals surface area contributed by atoms with E-state index in [2.05, 4.69) is 31.7 Å². The summed E-state index contributed by atoms with van der Waals surface area (Å²) in [6, 6.07) is 21.3. The number of ether oxygens (including phenoxy) is 1. The molecule has 1 saturated heterocycles. The van der Waals surface area contributed by atoms with Gasteiger partial charge in [-0.15, -0.1) is 6.40 Å². The summed E-state index contributed by atoms with van der Waals surface area (Å²) in [5, 5.41) is 24.2. The number of rotatable bonds is 6. The number of aliphatic hydroxyl groups excluding tert-OH is 1. The fourth-order valence-electron chi connectivity index (χ4n) is 4.87. The number of hydrogen-bond acceptors (Lipinski definition) is 7. The van der Waals surface area contributed by atoms with Crippen LogP contribution >= 0.6 is 0 Å². The molecule has 4 N–H and O–H groups in total. The molecule has 188 valence electrons. The highest BCUT2D eigenvalue weighted by atomic mass is 28.4. The van der Waals surface area contributed by atoms with Crippen molar-refractivity contribution < 1.29 is 20.7 Å². The van der Waals surface area contributed by atoms with Crippen LogP contribution in [0.25, 0.3) is 0 Å². The summed E-state index contributed by atoms with van der Waals surface area (Å²) in [6.07, 6.45) is -0.856. The van der Waals surface area contributed by atoms with Gasteiger partial charge in [-0.2, -0.15) is 4.98 Å². The zero-order valence-electron chi connectivity index (χ0n) is 21.5. The van der Waals surface area contributed by atoms with Crippen LogP contribution in [-0.4, -0.2) is 52.5 Å². The third kappa shape index (κ3) is 4.27. The maximum Gasteiger partial charge on any atom is 0.351 e. The lowest BCUT2D eigenvalue weighted by molar-refractivity contribution is -0.0592. The molecule has 1 fully saturated rings. The van der Waals surface area contributed by atoms with E-state index in [0.717, 1.165) is 14.9 Å². The lowest BCUT2D eigenvalue weighted by Gasteiger charge is -2.44. The highest BCUT2D eigenvalue weighted by Crippen LogP contribution is 2.40. The van der Waals surface area contributed by atoms with Gasteiger partial charge in [-0.3, -0.25) is 4.57 Å². The Hall–Kier alpha value is -3.26. The Morgan fingerprint density at radius 3 is 2.28 bits per heavy atom. The Balaban J connectivity index is 1.77. The van der Waals surface area contributed by atoms with Gasteiger partial charge in [0.1, 0.15) is 19.4 Å². The first-order valence-corrected chi connectivity index (χ1v) is 13.5. The molecule has 8 nitrogen and oxygen atoms in total. The minimum atomic E-state index is -3.01. The van der Waals surface area contributed by atoms with E-state index >= 15 is 0 Å². The van der Waals surface area contributed by atoms with E-state index in [0.29, 0.717) is 0 Å². The normalized spacial score (nSPS) is 24.6. The van der Waals surface area contributed by atoms with Crippen LogP contribution in [0.2, 0.25) is 5.04 Å². The maximum absolute atomic E-state index is 12.5. The first-order valence-electron chi connectivity index (χ1n) is 12.1. The van der Waals surface area contributed by atoms with E-state index in [1.165, 1.54) is 12.3 Å². The topological polar surface area (TPSA) is 120 Å². The number of nitrogens with zero attached hydrogens (tertiary/aromatic N) is 2. The lowest BCUT2D eigenvalue weighted by atomic mass is 9.93. The van der Waals surface area contributed by atoms with Gasteiger partial charge in [-0.25, -0.2) is 4.79 Å². The van der Waals surface area contributed by atoms with Crippen molar-refractivity contribution in [3.05, 3.63) is 83.4 Å². The Kier molecular flexibility index (Phi) is 6.55. The van der Waals surface area contributed by atoms with Gasteiger partial charge in [0.2, 0.25) is 0 Å². The molecule has 2 heterocycles. The minimum absolute atomic E-state index is 0.0153. The first-order chi connectivity index (χ1) is 17.5. The molecule has 1 aliphatic rings. The molecule has 0 radical (unpaired) electrons. The number of hydrogen-bond donors (Lipinski definition) is 3. The third-order valence-electron chi connectivity index (χ3n) is 6.71. The maximum atomic E-state index is 12.5. The fraction of sp³-hybridized carbons (Fsp3) is 0.333. The molecule has 0 saturated carbocycles. The van der Waals surface area contributed by atoms with Crippen molar-refractivity contribution in [3.8, 4) is 12.3 Å². The molecular formula is C27H31N3O5Si. The van der Waals surface area contributed by atoms with Gasteiger partial charge in [0, 0.05) is 6.20 Å². The predicted molar refractivity (Wildman–Crippen MR) is 140 cm³/mol. The molecule has 1 aliphatic heterocycles. The quantitative estimate of drug-likeness (QED) is 0.337. The van der Waals surface area contributed by atoms with Gasteiger partial charge in [0.05, 0.1) is 6.61 Å². The second-order valence-electron chi connectivity index (χ2n) is 9.93. The van der Waals surface area contributed by atoms with Crippen molar-refractivity contribution >= 4 is 24.5 Å². The van der Waals surface area contributed by atoms with Gasteiger partial charge >= 0.3 is 5.69 Å². The second-order valence-corrected chi connectivity index (χ2v) is 14.2. The fourth-order valence-corrected chi connectivity index (χ4v) is 9.43. The van der Waals surface area contributed by atoms with Crippen molar-refractivity contribution in [2.45, 2.75) is 49.8 Å². The number of benzene rings is 2. The zero-order chi connectivity index (χ0) is 26.8. The predicted octanol–water partition coefficient (Wildman–Crippen LogP) is 1.02. The number of aromatic nitrogens is 2. The van der Waals surface area contributed by atoms with E-state index in [1.807, 2.05) is 67.1 Å². The molecule has 9 heteroatoms. The highest BCUT2D eigenvalue weighted by molar-refractivity contribution is 6.99. The van der Waals surface area contributed by atoms with E-state index in [-0.39, 0.29) is 17.5 Å². The molecule has 2 aromatic carbocycles. The van der Waals surface area contributed by atoms with Crippen LogP contribution in [0.15, 0.2) is 77.7 Å². The van der Waals surface area contributed by atoms with Crippen LogP contribution in [0, 0.1) is 12.3 Å². The summed E-state index contributed by atoms with van der Waals surface area (Å²) in [6.45, 7) is 6.19. The second kappa shape index (κ2) is 9.65. The first kappa shape index (κ1) is 24.4. The Morgan fingerprint density at radius 2 is 1.78 bits per heavy atom. The van der Waals surface area contributed by atoms with Crippen molar-refractivity contribution in [2.75, 3.05) is 12.3 Å². The summed E-state index contributed by atoms with van der Waals surface area (Å²) in [5.41, 5.74) is 2.68. The Bertz CT molecular complexity index is 1310. The summed E-state index contributed by atoms with van der Waals surface area (Å²) in [5.74, 6) is 2.39. The van der Waals surface area contributed by atoms with E-state index in [4.69, 9.17) is 16.3 Å². The van der Waals surface area contributed by atoms with Crippen LogP contribution in [0.5, 0.6) is 0 Å². The number of terminal acetylenes is 1. The summed E-state index contributed by atoms with van der Waals surface area (Å²) in [7, 11) is -3.01. The summed E-state index contributed by atoms with van der Waals surface area (Å²) >= 11 is 0. The highest BCUT2D eigenvalue weighted by Gasteiger charge is 2.58. The van der Waals surface area contributed by atoms with Crippen LogP contribution < -0.4 is 21.8 Å². The number of nitrogens with two attached hydrogens (primary N) is 1. The van der Waals surface area contributed by atoms with Crippen molar-refractivity contribution in [1.82, 2.24) is 9.55 Å². The van der Waals surface area contributed by atoms with Crippen molar-refractivity contribution in [2.24, 2.45) is 0 Å². The number of nitrogen functional groups attached to an aromatic ring is 1. The molecular weight excluding hydrogens is 474 g/mol. The molecule has 1 aromatic heterocycles. The van der Waals surface area contributed by atoms with Crippen LogP contribution in [0.1, 0.15) is 28.4 Å². The summed E-state index contributed by atoms with van der Waals surface area (Å²) in [4.78, 5) is 16.2. The van der Waals surface area contributed by atoms with E-state index < -0.39 is 38.0 Å². The largest absolute Gasteiger partial charge is 0.405 e. The Labute approximate surface area is 212 Å². The summed E-state index contributed by atoms with van der Waals surface area (Å²) < 4.78 is 21.3. The van der Waals surface area contributed by atoms with Gasteiger partial charge in [-0.05, 0) is 21.5 Å². The molecule has 4 atom stereocenters. The van der Waals surface area contributed by atoms with E-state index in [1.54, 1.807) is 0 Å². The minimum Gasteiger partial charge on any atom is -0.405 e. The lowest BCUT2D eigenvalue weighted by Crippen LogP contribution is -2.67. The SMILES string of the molecule is [2H]C#C[C@@]1(O)[C@@H](CO[Si](c2ccccc2)(c2ccccc2)C(C)(C)C)OC(n2ccc(N)nc2=O)[C@@H]1O. The molecule has 0 bridgehead atoms. The number of aliphatic hydroxyl groups is 2. The Morgan fingerprint density at radius 1 is 1.19 bits per heavy atom. The zero-order valence-corrected chi connectivity index (χ0v) is 21.5. The average molecular weight is 507 g/mol. The average Bonchev–Trinajstić information content (AvgIpc) is 3.10. The van der Waals surface area contributed by atoms with Gasteiger partial charge in [0.25, 0.3) is 8.32 Å². The molecule has 0 spiro atoms. The van der Waals surface area contributed by atoms with Crippen LogP contribution in [0.3, 0.4) is 0 Å². The van der Waals surface area contributed by atoms with E-state index in [9.17, 15) is 15.0 Å². The molecule has 1 unspecified atom stereocenters. The van der Waals surface area contributed by atoms with Gasteiger partial charge < -0.3 is 25.1 Å².